The molecular weight excluding hydrogens is 178 g/mol. The minimum absolute atomic E-state index is 0.255. The van der Waals surface area contributed by atoms with Crippen molar-refractivity contribution in [2.75, 3.05) is 6.54 Å². The zero-order valence-electron chi connectivity index (χ0n) is 7.77. The quantitative estimate of drug-likeness (QED) is 0.414. The van der Waals surface area contributed by atoms with Crippen molar-refractivity contribution in [3.05, 3.63) is 46.0 Å². The Labute approximate surface area is 82.9 Å². The van der Waals surface area contributed by atoms with Crippen LogP contribution in [0.15, 0.2) is 30.3 Å². The number of benzene rings is 1. The summed E-state index contributed by atoms with van der Waals surface area (Å²) >= 11 is 0. The van der Waals surface area contributed by atoms with E-state index in [9.17, 15) is 10.1 Å². The fraction of sp³-hybridized carbons (Fsp3) is 0.273. The van der Waals surface area contributed by atoms with Gasteiger partial charge in [0.1, 0.15) is 0 Å². The van der Waals surface area contributed by atoms with Crippen LogP contribution in [0, 0.1) is 22.0 Å². The highest BCUT2D eigenvalue weighted by molar-refractivity contribution is 5.16. The summed E-state index contributed by atoms with van der Waals surface area (Å²) in [5.74, 6) is 5.28. The van der Waals surface area contributed by atoms with Crippen LogP contribution in [0.25, 0.3) is 0 Å². The van der Waals surface area contributed by atoms with Crippen molar-refractivity contribution in [1.82, 2.24) is 0 Å². The average Bonchev–Trinajstić information content (AvgIpc) is 2.18. The standard InChI is InChI=1S/C11H11NO2/c13-12(14)10-6-2-5-9-11-7-3-1-4-8-11/h1,3-4,7-8H,5,9-10H2. The number of aryl methyl sites for hydroxylation is 1. The molecule has 0 unspecified atom stereocenters. The van der Waals surface area contributed by atoms with Gasteiger partial charge in [-0.25, -0.2) is 0 Å². The van der Waals surface area contributed by atoms with Crippen LogP contribution < -0.4 is 0 Å². The summed E-state index contributed by atoms with van der Waals surface area (Å²) in [6.07, 6.45) is 1.53. The van der Waals surface area contributed by atoms with E-state index in [-0.39, 0.29) is 6.54 Å². The lowest BCUT2D eigenvalue weighted by Crippen LogP contribution is -1.96. The van der Waals surface area contributed by atoms with Crippen LogP contribution in [0.5, 0.6) is 0 Å². The van der Waals surface area contributed by atoms with E-state index in [1.807, 2.05) is 30.3 Å². The minimum atomic E-state index is -0.421. The fourth-order valence-electron chi connectivity index (χ4n) is 1.06. The Morgan fingerprint density at radius 1 is 1.21 bits per heavy atom. The lowest BCUT2D eigenvalue weighted by atomic mass is 10.1. The summed E-state index contributed by atoms with van der Waals surface area (Å²) in [7, 11) is 0. The van der Waals surface area contributed by atoms with Gasteiger partial charge in [-0.2, -0.15) is 0 Å². The molecule has 0 spiro atoms. The molecule has 0 aliphatic heterocycles. The van der Waals surface area contributed by atoms with E-state index >= 15 is 0 Å². The van der Waals surface area contributed by atoms with Crippen LogP contribution in [-0.2, 0) is 6.42 Å². The monoisotopic (exact) mass is 189 g/mol. The number of hydrogen-bond donors (Lipinski definition) is 0. The maximum Gasteiger partial charge on any atom is 0.263 e. The van der Waals surface area contributed by atoms with Crippen LogP contribution in [0.2, 0.25) is 0 Å². The molecule has 1 aromatic rings. The van der Waals surface area contributed by atoms with Gasteiger partial charge < -0.3 is 0 Å². The third kappa shape index (κ3) is 4.27. The van der Waals surface area contributed by atoms with E-state index < -0.39 is 4.92 Å². The zero-order chi connectivity index (χ0) is 10.2. The summed E-state index contributed by atoms with van der Waals surface area (Å²) in [5, 5.41) is 9.94. The highest BCUT2D eigenvalue weighted by Crippen LogP contribution is 2.00. The molecule has 1 aromatic carbocycles. The first-order valence-electron chi connectivity index (χ1n) is 4.40. The highest BCUT2D eigenvalue weighted by Gasteiger charge is 1.89. The second-order valence-electron chi connectivity index (χ2n) is 2.83. The molecule has 0 saturated carbocycles. The molecule has 72 valence electrons. The van der Waals surface area contributed by atoms with E-state index in [1.54, 1.807) is 0 Å². The van der Waals surface area contributed by atoms with E-state index in [0.29, 0.717) is 6.42 Å². The number of hydrogen-bond acceptors (Lipinski definition) is 2. The molecule has 0 radical (unpaired) electrons. The van der Waals surface area contributed by atoms with Crippen LogP contribution in [-0.4, -0.2) is 11.5 Å². The van der Waals surface area contributed by atoms with Gasteiger partial charge in [0, 0.05) is 11.3 Å². The fourth-order valence-corrected chi connectivity index (χ4v) is 1.06. The molecule has 0 atom stereocenters. The summed E-state index contributed by atoms with van der Waals surface area (Å²) in [6, 6.07) is 9.95. The van der Waals surface area contributed by atoms with Crippen LogP contribution in [0.4, 0.5) is 0 Å². The van der Waals surface area contributed by atoms with E-state index in [0.717, 1.165) is 6.42 Å². The van der Waals surface area contributed by atoms with Crippen molar-refractivity contribution in [2.45, 2.75) is 12.8 Å². The van der Waals surface area contributed by atoms with Gasteiger partial charge in [0.05, 0.1) is 0 Å². The van der Waals surface area contributed by atoms with Gasteiger partial charge in [0.25, 0.3) is 6.54 Å². The largest absolute Gasteiger partial charge is 0.264 e. The molecule has 1 rings (SSSR count). The van der Waals surface area contributed by atoms with Gasteiger partial charge in [0.15, 0.2) is 0 Å². The second-order valence-corrected chi connectivity index (χ2v) is 2.83. The van der Waals surface area contributed by atoms with Gasteiger partial charge in [-0.1, -0.05) is 36.3 Å². The van der Waals surface area contributed by atoms with Crippen LogP contribution >= 0.6 is 0 Å². The smallest absolute Gasteiger partial charge is 0.263 e. The minimum Gasteiger partial charge on any atom is -0.264 e. The number of rotatable bonds is 3. The van der Waals surface area contributed by atoms with E-state index in [4.69, 9.17) is 0 Å². The van der Waals surface area contributed by atoms with Gasteiger partial charge in [0.2, 0.25) is 0 Å². The van der Waals surface area contributed by atoms with Gasteiger partial charge >= 0.3 is 0 Å². The molecule has 0 aromatic heterocycles. The normalized spacial score (nSPS) is 8.86. The summed E-state index contributed by atoms with van der Waals surface area (Å²) in [4.78, 5) is 9.51. The molecular formula is C11H11NO2. The Balaban J connectivity index is 2.27. The van der Waals surface area contributed by atoms with Gasteiger partial charge in [-0.15, -0.1) is 0 Å². The molecule has 14 heavy (non-hydrogen) atoms. The van der Waals surface area contributed by atoms with E-state index in [2.05, 4.69) is 11.8 Å². The molecule has 0 aliphatic carbocycles. The first-order valence-corrected chi connectivity index (χ1v) is 4.40. The topological polar surface area (TPSA) is 43.1 Å². The molecule has 0 bridgehead atoms. The summed E-state index contributed by atoms with van der Waals surface area (Å²) in [6.45, 7) is -0.255. The molecule has 0 amide bonds. The predicted molar refractivity (Wildman–Crippen MR) is 54.4 cm³/mol. The molecule has 3 heteroatoms. The predicted octanol–water partition coefficient (Wildman–Crippen LogP) is 1.90. The third-order valence-electron chi connectivity index (χ3n) is 1.71. The maximum atomic E-state index is 9.94. The lowest BCUT2D eigenvalue weighted by Gasteiger charge is -1.94. The van der Waals surface area contributed by atoms with Gasteiger partial charge in [-0.05, 0) is 17.9 Å². The second kappa shape index (κ2) is 5.76. The Morgan fingerprint density at radius 3 is 2.57 bits per heavy atom. The van der Waals surface area contributed by atoms with Crippen LogP contribution in [0.3, 0.4) is 0 Å². The third-order valence-corrected chi connectivity index (χ3v) is 1.71. The maximum absolute atomic E-state index is 9.94. The highest BCUT2D eigenvalue weighted by atomic mass is 16.6. The van der Waals surface area contributed by atoms with Crippen molar-refractivity contribution < 1.29 is 4.92 Å². The number of nitrogens with zero attached hydrogens (tertiary/aromatic N) is 1. The van der Waals surface area contributed by atoms with Gasteiger partial charge in [-0.3, -0.25) is 10.1 Å². The molecule has 0 aliphatic rings. The molecule has 0 N–H and O–H groups in total. The van der Waals surface area contributed by atoms with Crippen molar-refractivity contribution in [2.24, 2.45) is 0 Å². The van der Waals surface area contributed by atoms with Crippen molar-refractivity contribution in [3.63, 3.8) is 0 Å². The van der Waals surface area contributed by atoms with Crippen molar-refractivity contribution in [1.29, 1.82) is 0 Å². The first kappa shape index (κ1) is 10.3. The Kier molecular flexibility index (Phi) is 4.22. The average molecular weight is 189 g/mol. The van der Waals surface area contributed by atoms with Crippen molar-refractivity contribution >= 4 is 0 Å². The first-order chi connectivity index (χ1) is 6.79. The van der Waals surface area contributed by atoms with E-state index in [1.165, 1.54) is 5.56 Å². The SMILES string of the molecule is O=[N+]([O-])CC#CCCc1ccccc1. The Hall–Kier alpha value is -1.82. The molecule has 0 fully saturated rings. The molecule has 0 heterocycles. The zero-order valence-corrected chi connectivity index (χ0v) is 7.77. The molecule has 0 saturated heterocycles. The Morgan fingerprint density at radius 2 is 1.93 bits per heavy atom. The summed E-state index contributed by atoms with van der Waals surface area (Å²) in [5.41, 5.74) is 1.21. The Bertz CT molecular complexity index is 349. The lowest BCUT2D eigenvalue weighted by molar-refractivity contribution is -0.466. The summed E-state index contributed by atoms with van der Waals surface area (Å²) < 4.78 is 0. The van der Waals surface area contributed by atoms with Crippen molar-refractivity contribution in [3.8, 4) is 11.8 Å². The molecule has 3 nitrogen and oxygen atoms in total. The van der Waals surface area contributed by atoms with Crippen LogP contribution in [0.1, 0.15) is 12.0 Å². The number of nitro groups is 1.